The van der Waals surface area contributed by atoms with Crippen molar-refractivity contribution in [1.82, 2.24) is 4.98 Å². The number of amides is 1. The number of carbonyl (C=O) groups excluding carboxylic acids is 2. The second-order valence-corrected chi connectivity index (χ2v) is 10.3. The van der Waals surface area contributed by atoms with E-state index in [-0.39, 0.29) is 11.3 Å². The van der Waals surface area contributed by atoms with Crippen LogP contribution < -0.4 is 19.1 Å². The van der Waals surface area contributed by atoms with Crippen LogP contribution in [0.4, 0.5) is 5.13 Å². The molecule has 10 heteroatoms. The molecule has 0 aliphatic carbocycles. The first-order valence-corrected chi connectivity index (χ1v) is 13.0. The molecule has 1 fully saturated rings. The zero-order chi connectivity index (χ0) is 25.7. The van der Waals surface area contributed by atoms with Gasteiger partial charge in [-0.3, -0.25) is 14.5 Å². The number of fused-ring (bicyclic) bond motifs is 2. The number of aromatic nitrogens is 1. The third-order valence-corrected chi connectivity index (χ3v) is 7.73. The first-order valence-electron chi connectivity index (χ1n) is 11.4. The number of Topliss-reactive ketones (excluding diaryl/α,β-unsaturated/α-hetero) is 1. The molecule has 1 amide bonds. The molecule has 37 heavy (non-hydrogen) atoms. The molecule has 2 aliphatic heterocycles. The van der Waals surface area contributed by atoms with Gasteiger partial charge in [-0.05, 0) is 54.1 Å². The summed E-state index contributed by atoms with van der Waals surface area (Å²) in [5.74, 6) is -0.192. The Hall–Kier alpha value is -3.89. The number of ketones is 1. The van der Waals surface area contributed by atoms with Gasteiger partial charge in [-0.15, -0.1) is 0 Å². The molecular formula is C27H19BrN2O6S. The molecule has 3 heterocycles. The van der Waals surface area contributed by atoms with E-state index in [0.29, 0.717) is 52.2 Å². The van der Waals surface area contributed by atoms with Gasteiger partial charge in [0.25, 0.3) is 5.78 Å². The lowest BCUT2D eigenvalue weighted by Crippen LogP contribution is -2.29. The van der Waals surface area contributed by atoms with E-state index in [1.165, 1.54) is 16.2 Å². The van der Waals surface area contributed by atoms with Crippen LogP contribution in [0.1, 0.15) is 17.2 Å². The summed E-state index contributed by atoms with van der Waals surface area (Å²) < 4.78 is 18.1. The van der Waals surface area contributed by atoms with Crippen molar-refractivity contribution in [2.75, 3.05) is 25.2 Å². The summed E-state index contributed by atoms with van der Waals surface area (Å²) in [4.78, 5) is 32.9. The number of rotatable bonds is 4. The highest BCUT2D eigenvalue weighted by atomic mass is 79.9. The Morgan fingerprint density at radius 3 is 2.68 bits per heavy atom. The van der Waals surface area contributed by atoms with Crippen molar-refractivity contribution >= 4 is 60.1 Å². The molecule has 186 valence electrons. The molecule has 3 aromatic carbocycles. The fourth-order valence-electron chi connectivity index (χ4n) is 4.49. The van der Waals surface area contributed by atoms with Gasteiger partial charge in [-0.25, -0.2) is 4.98 Å². The van der Waals surface area contributed by atoms with Crippen LogP contribution in [0, 0.1) is 0 Å². The number of aliphatic hydroxyl groups is 1. The zero-order valence-electron chi connectivity index (χ0n) is 19.4. The van der Waals surface area contributed by atoms with E-state index in [1.54, 1.807) is 37.4 Å². The van der Waals surface area contributed by atoms with Crippen molar-refractivity contribution in [3.8, 4) is 17.2 Å². The predicted octanol–water partition coefficient (Wildman–Crippen LogP) is 5.46. The van der Waals surface area contributed by atoms with E-state index in [2.05, 4.69) is 20.9 Å². The maximum Gasteiger partial charge on any atom is 0.301 e. The number of carbonyl (C=O) groups is 2. The second-order valence-electron chi connectivity index (χ2n) is 8.41. The normalized spacial score (nSPS) is 18.4. The van der Waals surface area contributed by atoms with Crippen molar-refractivity contribution in [2.24, 2.45) is 0 Å². The Kier molecular flexibility index (Phi) is 5.85. The van der Waals surface area contributed by atoms with Crippen molar-refractivity contribution in [3.05, 3.63) is 81.8 Å². The van der Waals surface area contributed by atoms with Gasteiger partial charge in [-0.2, -0.15) is 0 Å². The van der Waals surface area contributed by atoms with Gasteiger partial charge >= 0.3 is 5.91 Å². The zero-order valence-corrected chi connectivity index (χ0v) is 21.8. The summed E-state index contributed by atoms with van der Waals surface area (Å²) in [5.41, 5.74) is 1.62. The SMILES string of the molecule is COc1ccc2nc(N3C(=O)C(=O)/C(=C(/O)c4ccc5c(c4)OCCO5)[C@H]3c3cccc(Br)c3)sc2c1. The molecule has 0 spiro atoms. The largest absolute Gasteiger partial charge is 0.507 e. The molecule has 0 unspecified atom stereocenters. The van der Waals surface area contributed by atoms with Crippen molar-refractivity contribution in [1.29, 1.82) is 0 Å². The predicted molar refractivity (Wildman–Crippen MR) is 143 cm³/mol. The Balaban J connectivity index is 1.53. The van der Waals surface area contributed by atoms with Crippen LogP contribution in [0.3, 0.4) is 0 Å². The monoisotopic (exact) mass is 578 g/mol. The van der Waals surface area contributed by atoms with Crippen LogP contribution in [-0.4, -0.2) is 42.1 Å². The molecule has 8 nitrogen and oxygen atoms in total. The Morgan fingerprint density at radius 1 is 1.08 bits per heavy atom. The molecule has 1 aromatic heterocycles. The number of nitrogens with zero attached hydrogens (tertiary/aromatic N) is 2. The molecule has 0 saturated carbocycles. The highest BCUT2D eigenvalue weighted by molar-refractivity contribution is 9.10. The van der Waals surface area contributed by atoms with E-state index in [9.17, 15) is 14.7 Å². The van der Waals surface area contributed by atoms with Gasteiger partial charge in [0.05, 0.1) is 28.9 Å². The van der Waals surface area contributed by atoms with Gasteiger partial charge in [0.1, 0.15) is 24.7 Å². The highest BCUT2D eigenvalue weighted by Gasteiger charge is 2.48. The lowest BCUT2D eigenvalue weighted by atomic mass is 9.95. The number of aliphatic hydroxyl groups excluding tert-OH is 1. The molecular weight excluding hydrogens is 560 g/mol. The fourth-order valence-corrected chi connectivity index (χ4v) is 5.93. The van der Waals surface area contributed by atoms with Crippen LogP contribution in [0.5, 0.6) is 17.2 Å². The minimum atomic E-state index is -0.895. The summed E-state index contributed by atoms with van der Waals surface area (Å²) in [7, 11) is 1.58. The molecule has 1 atom stereocenters. The third kappa shape index (κ3) is 4.02. The molecule has 0 bridgehead atoms. The standard InChI is InChI=1S/C27H19BrN2O6S/c1-34-17-6-7-18-21(13-17)37-27(29-18)30-23(14-3-2-4-16(28)11-14)22(25(32)26(30)33)24(31)15-5-8-19-20(12-15)36-10-9-35-19/h2-8,11-13,23,31H,9-10H2,1H3/b24-22+/t23-/m1/s1. The molecule has 0 radical (unpaired) electrons. The Bertz CT molecular complexity index is 1610. The first kappa shape index (κ1) is 23.5. The molecule has 6 rings (SSSR count). The lowest BCUT2D eigenvalue weighted by molar-refractivity contribution is -0.132. The van der Waals surface area contributed by atoms with Crippen LogP contribution >= 0.6 is 27.3 Å². The number of halogens is 1. The van der Waals surface area contributed by atoms with E-state index in [1.807, 2.05) is 30.3 Å². The summed E-state index contributed by atoms with van der Waals surface area (Å²) in [5, 5.41) is 11.8. The van der Waals surface area contributed by atoms with Crippen LogP contribution in [0.25, 0.3) is 16.0 Å². The number of thiazole rings is 1. The van der Waals surface area contributed by atoms with Gasteiger partial charge in [-0.1, -0.05) is 39.4 Å². The average Bonchev–Trinajstić information content (AvgIpc) is 3.45. The summed E-state index contributed by atoms with van der Waals surface area (Å²) >= 11 is 4.75. The van der Waals surface area contributed by atoms with Crippen molar-refractivity contribution in [2.45, 2.75) is 6.04 Å². The molecule has 1 saturated heterocycles. The van der Waals surface area contributed by atoms with E-state index in [0.717, 1.165) is 9.17 Å². The molecule has 4 aromatic rings. The van der Waals surface area contributed by atoms with Gasteiger partial charge in [0.15, 0.2) is 16.6 Å². The van der Waals surface area contributed by atoms with E-state index < -0.39 is 17.7 Å². The number of methoxy groups -OCH3 is 1. The van der Waals surface area contributed by atoms with Crippen molar-refractivity contribution < 1.29 is 28.9 Å². The van der Waals surface area contributed by atoms with E-state index in [4.69, 9.17) is 14.2 Å². The number of ether oxygens (including phenoxy) is 3. The Morgan fingerprint density at radius 2 is 1.89 bits per heavy atom. The highest BCUT2D eigenvalue weighted by Crippen LogP contribution is 2.45. The van der Waals surface area contributed by atoms with Crippen LogP contribution in [-0.2, 0) is 9.59 Å². The minimum absolute atomic E-state index is 0.0309. The lowest BCUT2D eigenvalue weighted by Gasteiger charge is -2.23. The van der Waals surface area contributed by atoms with Crippen molar-refractivity contribution in [3.63, 3.8) is 0 Å². The molecule has 1 N–H and O–H groups in total. The number of hydrogen-bond acceptors (Lipinski definition) is 8. The summed E-state index contributed by atoms with van der Waals surface area (Å²) in [6.07, 6.45) is 0. The number of anilines is 1. The number of benzene rings is 3. The van der Waals surface area contributed by atoms with Gasteiger partial charge in [0.2, 0.25) is 0 Å². The quantitative estimate of drug-likeness (QED) is 0.195. The number of hydrogen-bond donors (Lipinski definition) is 1. The van der Waals surface area contributed by atoms with E-state index >= 15 is 0 Å². The summed E-state index contributed by atoms with van der Waals surface area (Å²) in [6, 6.07) is 16.7. The third-order valence-electron chi connectivity index (χ3n) is 6.21. The Labute approximate surface area is 223 Å². The van der Waals surface area contributed by atoms with Gasteiger partial charge < -0.3 is 19.3 Å². The van der Waals surface area contributed by atoms with Gasteiger partial charge in [0, 0.05) is 10.0 Å². The second kappa shape index (κ2) is 9.20. The fraction of sp³-hybridized carbons (Fsp3) is 0.148. The maximum absolute atomic E-state index is 13.5. The van der Waals surface area contributed by atoms with Crippen LogP contribution in [0.15, 0.2) is 70.7 Å². The minimum Gasteiger partial charge on any atom is -0.507 e. The van der Waals surface area contributed by atoms with Crippen LogP contribution in [0.2, 0.25) is 0 Å². The maximum atomic E-state index is 13.5. The first-order chi connectivity index (χ1) is 17.9. The topological polar surface area (TPSA) is 98.2 Å². The molecule has 2 aliphatic rings. The smallest absolute Gasteiger partial charge is 0.301 e. The summed E-state index contributed by atoms with van der Waals surface area (Å²) in [6.45, 7) is 0.808. The average molecular weight is 579 g/mol.